The van der Waals surface area contributed by atoms with E-state index in [0.717, 1.165) is 23.3 Å². The Balaban J connectivity index is 1.65. The zero-order valence-corrected chi connectivity index (χ0v) is 17.7. The summed E-state index contributed by atoms with van der Waals surface area (Å²) in [5, 5.41) is 3.19. The van der Waals surface area contributed by atoms with Crippen molar-refractivity contribution >= 4 is 39.2 Å². The highest BCUT2D eigenvalue weighted by atomic mass is 35.5. The maximum absolute atomic E-state index is 13.3. The van der Waals surface area contributed by atoms with Crippen LogP contribution in [0.25, 0.3) is 10.2 Å². The van der Waals surface area contributed by atoms with Crippen LogP contribution >= 0.6 is 22.9 Å². The first-order valence-electron chi connectivity index (χ1n) is 10.0. The van der Waals surface area contributed by atoms with E-state index in [0.29, 0.717) is 49.4 Å². The molecule has 2 saturated heterocycles. The number of fused-ring (bicyclic) bond motifs is 1. The number of hydrogen-bond donors (Lipinski definition) is 1. The summed E-state index contributed by atoms with van der Waals surface area (Å²) in [5.74, 6) is 0. The van der Waals surface area contributed by atoms with Crippen molar-refractivity contribution in [1.82, 2.24) is 19.4 Å². The maximum Gasteiger partial charge on any atom is 0.332 e. The molecule has 1 N–H and O–H groups in total. The molecule has 4 heterocycles. The van der Waals surface area contributed by atoms with Crippen molar-refractivity contribution in [3.8, 4) is 0 Å². The lowest BCUT2D eigenvalue weighted by molar-refractivity contribution is 0.0966. The van der Waals surface area contributed by atoms with Crippen LogP contribution in [-0.4, -0.2) is 51.2 Å². The number of aromatic nitrogens is 2. The molecule has 2 aliphatic heterocycles. The fourth-order valence-electron chi connectivity index (χ4n) is 4.26. The maximum atomic E-state index is 13.3. The van der Waals surface area contributed by atoms with E-state index >= 15 is 0 Å². The van der Waals surface area contributed by atoms with E-state index in [9.17, 15) is 14.4 Å². The van der Waals surface area contributed by atoms with Gasteiger partial charge in [-0.2, -0.15) is 0 Å². The van der Waals surface area contributed by atoms with Gasteiger partial charge in [-0.15, -0.1) is 22.9 Å². The molecule has 1 aliphatic carbocycles. The Kier molecular flexibility index (Phi) is 4.71. The quantitative estimate of drug-likeness (QED) is 0.721. The minimum atomic E-state index is -0.308. The van der Waals surface area contributed by atoms with Gasteiger partial charge in [0.05, 0.1) is 36.0 Å². The van der Waals surface area contributed by atoms with Gasteiger partial charge in [0.2, 0.25) is 0 Å². The molecule has 0 radical (unpaired) electrons. The minimum absolute atomic E-state index is 0.0249. The summed E-state index contributed by atoms with van der Waals surface area (Å²) in [6, 6.07) is -0.345. The lowest BCUT2D eigenvalue weighted by Gasteiger charge is -2.15. The van der Waals surface area contributed by atoms with E-state index in [4.69, 9.17) is 16.3 Å². The fourth-order valence-corrected chi connectivity index (χ4v) is 5.87. The molecule has 156 valence electrons. The van der Waals surface area contributed by atoms with Gasteiger partial charge in [-0.05, 0) is 31.7 Å². The molecule has 2 aromatic heterocycles. The van der Waals surface area contributed by atoms with Gasteiger partial charge in [0, 0.05) is 24.6 Å². The van der Waals surface area contributed by atoms with Crippen molar-refractivity contribution in [1.29, 1.82) is 0 Å². The fraction of sp³-hybridized carbons (Fsp3) is 0.632. The first kappa shape index (κ1) is 19.1. The van der Waals surface area contributed by atoms with Gasteiger partial charge in [-0.25, -0.2) is 9.59 Å². The number of carbonyl (C=O) groups is 1. The normalized spacial score (nSPS) is 26.5. The molecule has 3 atom stereocenters. The van der Waals surface area contributed by atoms with Crippen LogP contribution in [-0.2, 0) is 17.8 Å². The molecular formula is C19H23ClN4O4S. The number of amides is 2. The molecule has 2 aromatic rings. The van der Waals surface area contributed by atoms with Crippen molar-refractivity contribution in [2.75, 3.05) is 19.7 Å². The Hall–Kier alpha value is -1.84. The number of hydrogen-bond acceptors (Lipinski definition) is 5. The molecule has 2 unspecified atom stereocenters. The van der Waals surface area contributed by atoms with Gasteiger partial charge in [0.1, 0.15) is 4.83 Å². The number of rotatable bonds is 5. The zero-order valence-electron chi connectivity index (χ0n) is 16.1. The number of carbonyl (C=O) groups excluding carboxylic acids is 1. The van der Waals surface area contributed by atoms with Crippen LogP contribution in [0, 0.1) is 6.92 Å². The van der Waals surface area contributed by atoms with Crippen molar-refractivity contribution < 1.29 is 9.53 Å². The number of aryl methyl sites for hydroxylation is 1. The van der Waals surface area contributed by atoms with Crippen LogP contribution in [0.4, 0.5) is 4.79 Å². The summed E-state index contributed by atoms with van der Waals surface area (Å²) in [7, 11) is 0. The summed E-state index contributed by atoms with van der Waals surface area (Å²) in [6.45, 7) is 4.73. The Bertz CT molecular complexity index is 1100. The Morgan fingerprint density at radius 2 is 2.10 bits per heavy atom. The highest BCUT2D eigenvalue weighted by Gasteiger charge is 2.40. The Morgan fingerprint density at radius 1 is 1.31 bits per heavy atom. The van der Waals surface area contributed by atoms with E-state index < -0.39 is 0 Å². The van der Waals surface area contributed by atoms with E-state index in [2.05, 4.69) is 5.32 Å². The number of thiophene rings is 1. The molecule has 29 heavy (non-hydrogen) atoms. The number of urea groups is 1. The van der Waals surface area contributed by atoms with Crippen molar-refractivity contribution in [3.63, 3.8) is 0 Å². The van der Waals surface area contributed by atoms with Crippen LogP contribution in [0.15, 0.2) is 9.59 Å². The molecule has 0 spiro atoms. The van der Waals surface area contributed by atoms with Crippen LogP contribution in [0.5, 0.6) is 0 Å². The van der Waals surface area contributed by atoms with E-state index in [1.165, 1.54) is 15.9 Å². The molecule has 0 aromatic carbocycles. The third-order valence-electron chi connectivity index (χ3n) is 6.04. The number of nitrogens with zero attached hydrogens (tertiary/aromatic N) is 3. The van der Waals surface area contributed by atoms with Gasteiger partial charge in [0.25, 0.3) is 5.56 Å². The number of nitrogens with one attached hydrogen (secondary N) is 1. The van der Waals surface area contributed by atoms with Crippen LogP contribution < -0.4 is 16.6 Å². The Morgan fingerprint density at radius 3 is 2.72 bits per heavy atom. The second-order valence-electron chi connectivity index (χ2n) is 8.01. The predicted octanol–water partition coefficient (Wildman–Crippen LogP) is 1.79. The molecule has 5 rings (SSSR count). The molecule has 3 aliphatic rings. The highest BCUT2D eigenvalue weighted by molar-refractivity contribution is 7.18. The van der Waals surface area contributed by atoms with Crippen LogP contribution in [0.2, 0.25) is 0 Å². The minimum Gasteiger partial charge on any atom is -0.376 e. The Labute approximate surface area is 176 Å². The summed E-state index contributed by atoms with van der Waals surface area (Å²) in [5.41, 5.74) is 0.266. The van der Waals surface area contributed by atoms with Gasteiger partial charge in [-0.3, -0.25) is 13.9 Å². The molecule has 0 bridgehead atoms. The summed E-state index contributed by atoms with van der Waals surface area (Å²) in [6.07, 6.45) is 2.49. The first-order chi connectivity index (χ1) is 14.0. The van der Waals surface area contributed by atoms with Crippen molar-refractivity contribution in [3.05, 3.63) is 31.3 Å². The molecule has 3 fully saturated rings. The highest BCUT2D eigenvalue weighted by Crippen LogP contribution is 2.40. The summed E-state index contributed by atoms with van der Waals surface area (Å²) >= 11 is 7.63. The lowest BCUT2D eigenvalue weighted by Crippen LogP contribution is -2.41. The van der Waals surface area contributed by atoms with Crippen LogP contribution in [0.3, 0.4) is 0 Å². The van der Waals surface area contributed by atoms with Gasteiger partial charge in [0.15, 0.2) is 0 Å². The van der Waals surface area contributed by atoms with Crippen LogP contribution in [0.1, 0.15) is 35.7 Å². The number of halogens is 1. The van der Waals surface area contributed by atoms with E-state index in [-0.39, 0.29) is 34.8 Å². The predicted molar refractivity (Wildman–Crippen MR) is 111 cm³/mol. The van der Waals surface area contributed by atoms with Crippen molar-refractivity contribution in [2.24, 2.45) is 0 Å². The van der Waals surface area contributed by atoms with Gasteiger partial charge < -0.3 is 15.0 Å². The number of alkyl halides is 1. The largest absolute Gasteiger partial charge is 0.376 e. The smallest absolute Gasteiger partial charge is 0.332 e. The SMILES string of the molecule is Cc1c(CN2CCNC2=O)sc2c1c(=O)n(C1CC1Cl)c(=O)n2C[C@H]1CCCO1. The zero-order chi connectivity index (χ0) is 20.3. The summed E-state index contributed by atoms with van der Waals surface area (Å²) < 4.78 is 8.79. The number of ether oxygens (including phenoxy) is 1. The second kappa shape index (κ2) is 7.14. The monoisotopic (exact) mass is 438 g/mol. The average molecular weight is 439 g/mol. The van der Waals surface area contributed by atoms with E-state index in [1.807, 2.05) is 6.92 Å². The lowest BCUT2D eigenvalue weighted by atomic mass is 10.2. The van der Waals surface area contributed by atoms with E-state index in [1.54, 1.807) is 9.47 Å². The van der Waals surface area contributed by atoms with Gasteiger partial charge in [-0.1, -0.05) is 0 Å². The topological polar surface area (TPSA) is 85.6 Å². The standard InChI is InChI=1S/C19H23ClN4O4S/c1-10-14(9-22-5-4-21-18(22)26)29-17-15(10)16(25)24(13-7-12(13)20)19(27)23(17)8-11-3-2-6-28-11/h11-13H,2-9H2,1H3,(H,21,26)/t11-,12?,13?/m1/s1. The third kappa shape index (κ3) is 3.19. The molecular weight excluding hydrogens is 416 g/mol. The van der Waals surface area contributed by atoms with Gasteiger partial charge >= 0.3 is 11.7 Å². The average Bonchev–Trinajstić information content (AvgIpc) is 3.08. The molecule has 8 nitrogen and oxygen atoms in total. The summed E-state index contributed by atoms with van der Waals surface area (Å²) in [4.78, 5) is 41.9. The van der Waals surface area contributed by atoms with Crippen molar-refractivity contribution in [2.45, 2.75) is 56.8 Å². The molecule has 2 amide bonds. The molecule has 1 saturated carbocycles. The first-order valence-corrected chi connectivity index (χ1v) is 11.3. The molecule has 10 heteroatoms. The second-order valence-corrected chi connectivity index (χ2v) is 9.65. The third-order valence-corrected chi connectivity index (χ3v) is 7.81.